The number of rotatable bonds is 7. The van der Waals surface area contributed by atoms with Crippen molar-refractivity contribution in [2.75, 3.05) is 20.6 Å². The summed E-state index contributed by atoms with van der Waals surface area (Å²) in [6.45, 7) is 1.01. The molecule has 0 aliphatic heterocycles. The van der Waals surface area contributed by atoms with Crippen LogP contribution in [0.4, 0.5) is 0 Å². The molecule has 2 aromatic rings. The number of hydrogen-bond donors (Lipinski definition) is 0. The monoisotopic (exact) mass is 319 g/mol. The minimum atomic E-state index is -0.456. The minimum Gasteiger partial charge on any atom is -0.364 e. The average molecular weight is 320 g/mol. The van der Waals surface area contributed by atoms with Gasteiger partial charge in [-0.2, -0.15) is 0 Å². The van der Waals surface area contributed by atoms with E-state index >= 15 is 0 Å². The maximum Gasteiger partial charge on any atom is 0.192 e. The Bertz CT molecular complexity index is 558. The van der Waals surface area contributed by atoms with E-state index in [9.17, 15) is 4.79 Å². The maximum atomic E-state index is 12.5. The van der Waals surface area contributed by atoms with Crippen LogP contribution >= 0.6 is 12.4 Å². The molecular weight excluding hydrogens is 298 g/mol. The summed E-state index contributed by atoms with van der Waals surface area (Å²) in [5, 5.41) is 0. The standard InChI is InChI=1S/C18H21NO2.ClH/c1-19(2)13-17(18(20)16-11-7-4-8-12-16)21-14-15-9-5-3-6-10-15;/h3-12,17H,13-14H2,1-2H3;1H. The third-order valence-electron chi connectivity index (χ3n) is 3.18. The Morgan fingerprint density at radius 3 is 2.09 bits per heavy atom. The Balaban J connectivity index is 0.00000242. The van der Waals surface area contributed by atoms with E-state index < -0.39 is 6.10 Å². The molecule has 0 aromatic heterocycles. The molecule has 0 bridgehead atoms. The first kappa shape index (κ1) is 18.4. The first-order chi connectivity index (χ1) is 10.2. The van der Waals surface area contributed by atoms with Crippen LogP contribution in [0.5, 0.6) is 0 Å². The predicted molar refractivity (Wildman–Crippen MR) is 91.6 cm³/mol. The molecule has 22 heavy (non-hydrogen) atoms. The summed E-state index contributed by atoms with van der Waals surface area (Å²) < 4.78 is 5.86. The van der Waals surface area contributed by atoms with Crippen molar-refractivity contribution < 1.29 is 9.53 Å². The fraction of sp³-hybridized carbons (Fsp3) is 0.278. The summed E-state index contributed by atoms with van der Waals surface area (Å²) in [6.07, 6.45) is -0.456. The zero-order valence-corrected chi connectivity index (χ0v) is 13.8. The van der Waals surface area contributed by atoms with Gasteiger partial charge in [0, 0.05) is 12.1 Å². The van der Waals surface area contributed by atoms with Gasteiger partial charge in [-0.05, 0) is 19.7 Å². The first-order valence-corrected chi connectivity index (χ1v) is 7.06. The van der Waals surface area contributed by atoms with Gasteiger partial charge in [0.2, 0.25) is 0 Å². The maximum absolute atomic E-state index is 12.5. The fourth-order valence-electron chi connectivity index (χ4n) is 2.10. The molecule has 0 saturated heterocycles. The van der Waals surface area contributed by atoms with Crippen LogP contribution in [-0.2, 0) is 11.3 Å². The molecule has 0 heterocycles. The number of nitrogens with zero attached hydrogens (tertiary/aromatic N) is 1. The lowest BCUT2D eigenvalue weighted by Gasteiger charge is -2.20. The molecule has 1 unspecified atom stereocenters. The average Bonchev–Trinajstić information content (AvgIpc) is 2.52. The summed E-state index contributed by atoms with van der Waals surface area (Å²) in [4.78, 5) is 14.5. The van der Waals surface area contributed by atoms with Crippen molar-refractivity contribution in [1.29, 1.82) is 0 Å². The van der Waals surface area contributed by atoms with Gasteiger partial charge in [-0.15, -0.1) is 12.4 Å². The van der Waals surface area contributed by atoms with Crippen molar-refractivity contribution >= 4 is 18.2 Å². The fourth-order valence-corrected chi connectivity index (χ4v) is 2.10. The Labute approximate surface area is 138 Å². The number of likely N-dealkylation sites (N-methyl/N-ethyl adjacent to an activating group) is 1. The highest BCUT2D eigenvalue weighted by molar-refractivity contribution is 5.99. The van der Waals surface area contributed by atoms with Crippen LogP contribution in [0.3, 0.4) is 0 Å². The summed E-state index contributed by atoms with van der Waals surface area (Å²) in [5.74, 6) is 0.0280. The highest BCUT2D eigenvalue weighted by Gasteiger charge is 2.21. The van der Waals surface area contributed by atoms with Gasteiger partial charge in [0.1, 0.15) is 6.10 Å². The Morgan fingerprint density at radius 2 is 1.55 bits per heavy atom. The van der Waals surface area contributed by atoms with E-state index in [-0.39, 0.29) is 18.2 Å². The first-order valence-electron chi connectivity index (χ1n) is 7.06. The van der Waals surface area contributed by atoms with Gasteiger partial charge in [0.15, 0.2) is 5.78 Å². The molecule has 0 fully saturated rings. The number of hydrogen-bond acceptors (Lipinski definition) is 3. The van der Waals surface area contributed by atoms with E-state index in [1.54, 1.807) is 0 Å². The van der Waals surface area contributed by atoms with Crippen LogP contribution < -0.4 is 0 Å². The summed E-state index contributed by atoms with van der Waals surface area (Å²) >= 11 is 0. The molecule has 118 valence electrons. The molecule has 0 spiro atoms. The smallest absolute Gasteiger partial charge is 0.192 e. The van der Waals surface area contributed by atoms with Gasteiger partial charge in [-0.3, -0.25) is 4.79 Å². The normalized spacial score (nSPS) is 11.8. The molecule has 3 nitrogen and oxygen atoms in total. The molecule has 2 rings (SSSR count). The van der Waals surface area contributed by atoms with Gasteiger partial charge < -0.3 is 9.64 Å². The van der Waals surface area contributed by atoms with Crippen LogP contribution in [0, 0.1) is 0 Å². The molecule has 4 heteroatoms. The number of ketones is 1. The number of halogens is 1. The zero-order valence-electron chi connectivity index (χ0n) is 12.9. The van der Waals surface area contributed by atoms with E-state index in [1.165, 1.54) is 0 Å². The van der Waals surface area contributed by atoms with Crippen molar-refractivity contribution in [3.05, 3.63) is 71.8 Å². The second-order valence-corrected chi connectivity index (χ2v) is 5.28. The molecule has 0 amide bonds. The molecule has 1 atom stereocenters. The van der Waals surface area contributed by atoms with E-state index in [0.717, 1.165) is 5.56 Å². The molecule has 0 N–H and O–H groups in total. The number of Topliss-reactive ketones (excluding diaryl/α,β-unsaturated/α-hetero) is 1. The van der Waals surface area contributed by atoms with Gasteiger partial charge in [0.05, 0.1) is 6.61 Å². The summed E-state index contributed by atoms with van der Waals surface area (Å²) in [7, 11) is 3.88. The molecule has 0 aliphatic rings. The van der Waals surface area contributed by atoms with Crippen molar-refractivity contribution in [3.8, 4) is 0 Å². The number of benzene rings is 2. The highest BCUT2D eigenvalue weighted by Crippen LogP contribution is 2.10. The zero-order chi connectivity index (χ0) is 15.1. The largest absolute Gasteiger partial charge is 0.364 e. The van der Waals surface area contributed by atoms with Gasteiger partial charge >= 0.3 is 0 Å². The predicted octanol–water partition coefficient (Wildman–Crippen LogP) is 3.44. The van der Waals surface area contributed by atoms with Crippen molar-refractivity contribution in [3.63, 3.8) is 0 Å². The van der Waals surface area contributed by atoms with Gasteiger partial charge in [-0.25, -0.2) is 0 Å². The number of carbonyl (C=O) groups is 1. The lowest BCUT2D eigenvalue weighted by molar-refractivity contribution is 0.0239. The van der Waals surface area contributed by atoms with Crippen LogP contribution in [0.2, 0.25) is 0 Å². The molecule has 0 saturated carbocycles. The quantitative estimate of drug-likeness (QED) is 0.732. The second kappa shape index (κ2) is 9.36. The number of carbonyl (C=O) groups excluding carboxylic acids is 1. The third-order valence-corrected chi connectivity index (χ3v) is 3.18. The lowest BCUT2D eigenvalue weighted by atomic mass is 10.1. The Morgan fingerprint density at radius 1 is 1.00 bits per heavy atom. The van der Waals surface area contributed by atoms with Gasteiger partial charge in [-0.1, -0.05) is 60.7 Å². The summed E-state index contributed by atoms with van der Waals surface area (Å²) in [5.41, 5.74) is 1.76. The van der Waals surface area contributed by atoms with Crippen LogP contribution in [0.15, 0.2) is 60.7 Å². The van der Waals surface area contributed by atoms with Gasteiger partial charge in [0.25, 0.3) is 0 Å². The van der Waals surface area contributed by atoms with Crippen LogP contribution in [-0.4, -0.2) is 37.4 Å². The highest BCUT2D eigenvalue weighted by atomic mass is 35.5. The molecule has 0 radical (unpaired) electrons. The Kier molecular flexibility index (Phi) is 7.82. The third kappa shape index (κ3) is 5.60. The van der Waals surface area contributed by atoms with E-state index in [0.29, 0.717) is 18.7 Å². The minimum absolute atomic E-state index is 0. The van der Waals surface area contributed by atoms with E-state index in [2.05, 4.69) is 0 Å². The van der Waals surface area contributed by atoms with Crippen LogP contribution in [0.1, 0.15) is 15.9 Å². The Hall–Kier alpha value is -1.68. The lowest BCUT2D eigenvalue weighted by Crippen LogP contribution is -2.35. The van der Waals surface area contributed by atoms with E-state index in [4.69, 9.17) is 4.74 Å². The summed E-state index contributed by atoms with van der Waals surface area (Å²) in [6, 6.07) is 19.2. The van der Waals surface area contributed by atoms with Crippen molar-refractivity contribution in [2.45, 2.75) is 12.7 Å². The van der Waals surface area contributed by atoms with Crippen molar-refractivity contribution in [2.24, 2.45) is 0 Å². The molecule has 2 aromatic carbocycles. The second-order valence-electron chi connectivity index (χ2n) is 5.28. The molecular formula is C18H22ClNO2. The topological polar surface area (TPSA) is 29.5 Å². The van der Waals surface area contributed by atoms with Crippen LogP contribution in [0.25, 0.3) is 0 Å². The molecule has 0 aliphatic carbocycles. The van der Waals surface area contributed by atoms with E-state index in [1.807, 2.05) is 79.7 Å². The SMILES string of the molecule is CN(C)CC(OCc1ccccc1)C(=O)c1ccccc1.Cl. The van der Waals surface area contributed by atoms with Crippen molar-refractivity contribution in [1.82, 2.24) is 4.90 Å². The number of ether oxygens (including phenoxy) is 1.